The molecule has 0 aliphatic heterocycles. The Hall–Kier alpha value is -1.66. The van der Waals surface area contributed by atoms with E-state index < -0.39 is 12.1 Å². The van der Waals surface area contributed by atoms with Gasteiger partial charge in [-0.3, -0.25) is 9.59 Å². The second kappa shape index (κ2) is 54.9. The second-order valence-electron chi connectivity index (χ2n) is 20.0. The molecule has 0 aromatic rings. The average Bonchev–Trinajstić information content (AvgIpc) is 3.31. The Morgan fingerprint density at radius 2 is 0.723 bits per heavy atom. The minimum absolute atomic E-state index is 0.0334. The summed E-state index contributed by atoms with van der Waals surface area (Å²) in [7, 11) is 0. The van der Waals surface area contributed by atoms with E-state index in [-0.39, 0.29) is 18.5 Å². The summed E-state index contributed by atoms with van der Waals surface area (Å²) in [5.41, 5.74) is 0. The summed E-state index contributed by atoms with van der Waals surface area (Å²) in [6, 6.07) is -0.563. The Balaban J connectivity index is 3.49. The van der Waals surface area contributed by atoms with Gasteiger partial charge in [-0.25, -0.2) is 0 Å². The van der Waals surface area contributed by atoms with Gasteiger partial charge in [0.05, 0.1) is 25.4 Å². The van der Waals surface area contributed by atoms with Crippen LogP contribution < -0.4 is 5.32 Å². The summed E-state index contributed by atoms with van der Waals surface area (Å²) in [6.45, 7) is 4.89. The molecule has 0 saturated carbocycles. The van der Waals surface area contributed by atoms with Crippen LogP contribution in [0.3, 0.4) is 0 Å². The first kappa shape index (κ1) is 63.3. The van der Waals surface area contributed by atoms with E-state index in [0.29, 0.717) is 25.9 Å². The van der Waals surface area contributed by atoms with Crippen LogP contribution in [-0.4, -0.2) is 47.4 Å². The maximum Gasteiger partial charge on any atom is 0.305 e. The van der Waals surface area contributed by atoms with Crippen LogP contribution in [0.15, 0.2) is 24.3 Å². The first-order valence-corrected chi connectivity index (χ1v) is 29.1. The molecule has 0 spiro atoms. The first-order valence-electron chi connectivity index (χ1n) is 29.1. The third-order valence-corrected chi connectivity index (χ3v) is 13.5. The summed E-state index contributed by atoms with van der Waals surface area (Å²) in [5.74, 6) is -0.0953. The van der Waals surface area contributed by atoms with Gasteiger partial charge in [0.2, 0.25) is 5.91 Å². The van der Waals surface area contributed by atoms with E-state index in [4.69, 9.17) is 4.74 Å². The van der Waals surface area contributed by atoms with Crippen LogP contribution in [0.4, 0.5) is 0 Å². The maximum atomic E-state index is 12.5. The van der Waals surface area contributed by atoms with Crippen molar-refractivity contribution in [1.82, 2.24) is 5.32 Å². The molecule has 1 amide bonds. The Morgan fingerprint density at radius 3 is 1.09 bits per heavy atom. The zero-order chi connectivity index (χ0) is 47.2. The van der Waals surface area contributed by atoms with E-state index in [1.54, 1.807) is 0 Å². The zero-order valence-corrected chi connectivity index (χ0v) is 43.7. The number of esters is 1. The topological polar surface area (TPSA) is 95.9 Å². The number of hydrogen-bond donors (Lipinski definition) is 3. The van der Waals surface area contributed by atoms with Gasteiger partial charge in [-0.1, -0.05) is 250 Å². The Morgan fingerprint density at radius 1 is 0.415 bits per heavy atom. The third-order valence-electron chi connectivity index (χ3n) is 13.5. The van der Waals surface area contributed by atoms with Gasteiger partial charge < -0.3 is 20.3 Å². The number of rotatable bonds is 54. The van der Waals surface area contributed by atoms with Crippen molar-refractivity contribution in [3.63, 3.8) is 0 Å². The molecular formula is C59H113NO5. The average molecular weight is 917 g/mol. The lowest BCUT2D eigenvalue weighted by Gasteiger charge is -2.22. The Kier molecular flexibility index (Phi) is 53.5. The number of amides is 1. The molecule has 0 rings (SSSR count). The second-order valence-corrected chi connectivity index (χ2v) is 20.0. The van der Waals surface area contributed by atoms with Crippen LogP contribution in [-0.2, 0) is 14.3 Å². The number of allylic oxidation sites excluding steroid dienone is 4. The molecule has 0 bridgehead atoms. The lowest BCUT2D eigenvalue weighted by molar-refractivity contribution is -0.143. The van der Waals surface area contributed by atoms with Gasteiger partial charge >= 0.3 is 5.97 Å². The normalized spacial score (nSPS) is 12.7. The number of carbonyl (C=O) groups excluding carboxylic acids is 2. The summed E-state index contributed by atoms with van der Waals surface area (Å²) < 4.78 is 5.45. The number of nitrogens with one attached hydrogen (secondary N) is 1. The molecule has 384 valence electrons. The van der Waals surface area contributed by atoms with Crippen molar-refractivity contribution >= 4 is 11.9 Å². The molecule has 6 heteroatoms. The SMILES string of the molecule is CCCCCCCCC/C=C\CCCCCCCCCC(=O)OCCCC/C=C\CCCCCCCC(=O)NC(CO)C(O)CCCCCCCCCCCCCCCCCCCCC. The lowest BCUT2D eigenvalue weighted by atomic mass is 10.0. The minimum atomic E-state index is -0.683. The van der Waals surface area contributed by atoms with Crippen molar-refractivity contribution in [1.29, 1.82) is 0 Å². The highest BCUT2D eigenvalue weighted by molar-refractivity contribution is 5.76. The van der Waals surface area contributed by atoms with Crippen molar-refractivity contribution in [3.8, 4) is 0 Å². The van der Waals surface area contributed by atoms with E-state index in [0.717, 1.165) is 83.5 Å². The summed E-state index contributed by atoms with van der Waals surface area (Å²) in [5, 5.41) is 23.3. The van der Waals surface area contributed by atoms with Gasteiger partial charge in [-0.05, 0) is 77.0 Å². The standard InChI is InChI=1S/C59H113NO5/c1-3-5-7-9-11-13-15-17-19-21-23-24-26-28-31-35-39-43-47-51-57(62)56(55-61)60-58(63)52-48-44-40-36-32-30-34-38-42-46-50-54-65-59(64)53-49-45-41-37-33-29-27-25-22-20-18-16-14-12-10-8-6-4-2/h20,22,34,38,56-57,61-62H,3-19,21,23-33,35-37,39-55H2,1-2H3,(H,60,63)/b22-20-,38-34-. The van der Waals surface area contributed by atoms with Crippen molar-refractivity contribution in [2.45, 2.75) is 328 Å². The van der Waals surface area contributed by atoms with Crippen molar-refractivity contribution in [2.75, 3.05) is 13.2 Å². The van der Waals surface area contributed by atoms with Crippen molar-refractivity contribution in [3.05, 3.63) is 24.3 Å². The quantitative estimate of drug-likeness (QED) is 0.0321. The fourth-order valence-corrected chi connectivity index (χ4v) is 8.98. The maximum absolute atomic E-state index is 12.5. The molecule has 2 unspecified atom stereocenters. The van der Waals surface area contributed by atoms with Crippen LogP contribution in [0.5, 0.6) is 0 Å². The van der Waals surface area contributed by atoms with Gasteiger partial charge in [0.1, 0.15) is 0 Å². The fourth-order valence-electron chi connectivity index (χ4n) is 8.98. The molecule has 3 N–H and O–H groups in total. The predicted molar refractivity (Wildman–Crippen MR) is 283 cm³/mol. The van der Waals surface area contributed by atoms with E-state index in [1.165, 1.54) is 199 Å². The van der Waals surface area contributed by atoms with Gasteiger partial charge in [-0.15, -0.1) is 0 Å². The number of carbonyl (C=O) groups is 2. The molecule has 0 aromatic heterocycles. The number of ether oxygens (including phenoxy) is 1. The molecule has 6 nitrogen and oxygen atoms in total. The Bertz CT molecular complexity index is 1010. The Labute approximate surface area is 405 Å². The molecule has 0 aliphatic carbocycles. The molecule has 2 atom stereocenters. The monoisotopic (exact) mass is 916 g/mol. The highest BCUT2D eigenvalue weighted by Crippen LogP contribution is 2.17. The van der Waals surface area contributed by atoms with E-state index >= 15 is 0 Å². The van der Waals surface area contributed by atoms with Gasteiger partial charge in [0.15, 0.2) is 0 Å². The van der Waals surface area contributed by atoms with Crippen LogP contribution in [0.1, 0.15) is 316 Å². The lowest BCUT2D eigenvalue weighted by Crippen LogP contribution is -2.45. The minimum Gasteiger partial charge on any atom is -0.466 e. The van der Waals surface area contributed by atoms with Crippen LogP contribution in [0, 0.1) is 0 Å². The molecule has 0 aliphatic rings. The first-order chi connectivity index (χ1) is 32.0. The number of hydrogen-bond acceptors (Lipinski definition) is 5. The summed E-state index contributed by atoms with van der Waals surface area (Å²) in [6.07, 6.45) is 66.0. The predicted octanol–water partition coefficient (Wildman–Crippen LogP) is 17.9. The number of aliphatic hydroxyl groups is 2. The highest BCUT2D eigenvalue weighted by Gasteiger charge is 2.20. The van der Waals surface area contributed by atoms with E-state index in [9.17, 15) is 19.8 Å². The van der Waals surface area contributed by atoms with E-state index in [1.807, 2.05) is 0 Å². The molecule has 0 fully saturated rings. The molecule has 0 radical (unpaired) electrons. The number of aliphatic hydroxyl groups excluding tert-OH is 2. The molecule has 0 heterocycles. The number of unbranched alkanes of at least 4 members (excludes halogenated alkanes) is 39. The van der Waals surface area contributed by atoms with Crippen molar-refractivity contribution < 1.29 is 24.5 Å². The van der Waals surface area contributed by atoms with Gasteiger partial charge in [0.25, 0.3) is 0 Å². The van der Waals surface area contributed by atoms with Crippen LogP contribution in [0.2, 0.25) is 0 Å². The largest absolute Gasteiger partial charge is 0.466 e. The van der Waals surface area contributed by atoms with Crippen LogP contribution >= 0.6 is 0 Å². The third kappa shape index (κ3) is 51.6. The molecule has 0 aromatic carbocycles. The zero-order valence-electron chi connectivity index (χ0n) is 43.7. The molecule has 0 saturated heterocycles. The van der Waals surface area contributed by atoms with Crippen molar-refractivity contribution in [2.24, 2.45) is 0 Å². The van der Waals surface area contributed by atoms with Gasteiger partial charge in [-0.2, -0.15) is 0 Å². The summed E-state index contributed by atoms with van der Waals surface area (Å²) in [4.78, 5) is 24.6. The fraction of sp³-hybridized carbons (Fsp3) is 0.898. The summed E-state index contributed by atoms with van der Waals surface area (Å²) >= 11 is 0. The highest BCUT2D eigenvalue weighted by atomic mass is 16.5. The van der Waals surface area contributed by atoms with E-state index in [2.05, 4.69) is 43.5 Å². The van der Waals surface area contributed by atoms with Gasteiger partial charge in [0, 0.05) is 12.8 Å². The van der Waals surface area contributed by atoms with Crippen LogP contribution in [0.25, 0.3) is 0 Å². The molecular weight excluding hydrogens is 803 g/mol. The smallest absolute Gasteiger partial charge is 0.305 e. The molecule has 65 heavy (non-hydrogen) atoms.